The van der Waals surface area contributed by atoms with Gasteiger partial charge in [-0.25, -0.2) is 0 Å². The Hall–Kier alpha value is -1.62. The average Bonchev–Trinajstić information content (AvgIpc) is 2.97. The van der Waals surface area contributed by atoms with Gasteiger partial charge >= 0.3 is 0 Å². The third-order valence-corrected chi connectivity index (χ3v) is 3.92. The minimum absolute atomic E-state index is 0.410. The van der Waals surface area contributed by atoms with Crippen molar-refractivity contribution >= 4 is 0 Å². The van der Waals surface area contributed by atoms with Crippen LogP contribution in [0.4, 0.5) is 0 Å². The summed E-state index contributed by atoms with van der Waals surface area (Å²) in [6.45, 7) is 7.96. The zero-order valence-electron chi connectivity index (χ0n) is 11.6. The number of furan rings is 1. The maximum Gasteiger partial charge on any atom is 0.261 e. The molecule has 0 radical (unpaired) electrons. The topological polar surface area (TPSA) is 64.1 Å². The molecule has 102 valence electrons. The molecule has 1 N–H and O–H groups in total. The van der Waals surface area contributed by atoms with Gasteiger partial charge in [-0.15, -0.1) is 0 Å². The normalized spacial score (nSPS) is 17.0. The maximum atomic E-state index is 5.62. The monoisotopic (exact) mass is 261 g/mol. The number of aryl methyl sites for hydroxylation is 2. The smallest absolute Gasteiger partial charge is 0.261 e. The molecule has 0 unspecified atom stereocenters. The molecule has 1 saturated heterocycles. The molecule has 3 heterocycles. The van der Waals surface area contributed by atoms with Crippen LogP contribution < -0.4 is 5.32 Å². The maximum absolute atomic E-state index is 5.62. The van der Waals surface area contributed by atoms with Gasteiger partial charge in [-0.2, -0.15) is 4.98 Å². The second-order valence-corrected chi connectivity index (χ2v) is 5.20. The molecular weight excluding hydrogens is 242 g/mol. The Labute approximate surface area is 112 Å². The van der Waals surface area contributed by atoms with Gasteiger partial charge in [0, 0.05) is 11.5 Å². The van der Waals surface area contributed by atoms with E-state index in [0.29, 0.717) is 11.8 Å². The van der Waals surface area contributed by atoms with Gasteiger partial charge < -0.3 is 14.3 Å². The van der Waals surface area contributed by atoms with Gasteiger partial charge in [0.05, 0.1) is 5.56 Å². The lowest BCUT2D eigenvalue weighted by atomic mass is 9.97. The molecule has 5 heteroatoms. The Morgan fingerprint density at radius 1 is 1.11 bits per heavy atom. The van der Waals surface area contributed by atoms with Crippen LogP contribution in [0.5, 0.6) is 0 Å². The van der Waals surface area contributed by atoms with Gasteiger partial charge in [0.15, 0.2) is 5.82 Å². The standard InChI is InChI=1S/C14H19N3O2/c1-8-9(2)18-10(3)12(8)14-16-13(17-19-14)11-4-6-15-7-5-11/h11,15H,4-7H2,1-3H3. The first-order valence-electron chi connectivity index (χ1n) is 6.78. The van der Waals surface area contributed by atoms with E-state index in [2.05, 4.69) is 15.5 Å². The minimum atomic E-state index is 0.410. The number of rotatable bonds is 2. The van der Waals surface area contributed by atoms with Crippen molar-refractivity contribution in [2.75, 3.05) is 13.1 Å². The van der Waals surface area contributed by atoms with Gasteiger partial charge in [0.1, 0.15) is 11.5 Å². The van der Waals surface area contributed by atoms with E-state index in [4.69, 9.17) is 8.94 Å². The second-order valence-electron chi connectivity index (χ2n) is 5.20. The Morgan fingerprint density at radius 2 is 1.84 bits per heavy atom. The highest BCUT2D eigenvalue weighted by molar-refractivity contribution is 5.61. The highest BCUT2D eigenvalue weighted by atomic mass is 16.5. The van der Waals surface area contributed by atoms with Crippen molar-refractivity contribution in [2.24, 2.45) is 0 Å². The van der Waals surface area contributed by atoms with Crippen LogP contribution >= 0.6 is 0 Å². The number of nitrogens with zero attached hydrogens (tertiary/aromatic N) is 2. The summed E-state index contributed by atoms with van der Waals surface area (Å²) in [5.74, 6) is 3.58. The first-order valence-corrected chi connectivity index (χ1v) is 6.78. The third kappa shape index (κ3) is 2.18. The summed E-state index contributed by atoms with van der Waals surface area (Å²) in [4.78, 5) is 4.57. The van der Waals surface area contributed by atoms with Gasteiger partial charge in [0.2, 0.25) is 0 Å². The van der Waals surface area contributed by atoms with E-state index in [1.807, 2.05) is 20.8 Å². The SMILES string of the molecule is Cc1oc(C)c(-c2nc(C3CCNCC3)no2)c1C. The number of aromatic nitrogens is 2. The molecule has 1 aliphatic heterocycles. The Morgan fingerprint density at radius 3 is 2.47 bits per heavy atom. The largest absolute Gasteiger partial charge is 0.466 e. The second kappa shape index (κ2) is 4.81. The third-order valence-electron chi connectivity index (χ3n) is 3.92. The van der Waals surface area contributed by atoms with Crippen molar-refractivity contribution in [3.63, 3.8) is 0 Å². The lowest BCUT2D eigenvalue weighted by Crippen LogP contribution is -2.27. The number of piperidine rings is 1. The Bertz CT molecular complexity index is 580. The summed E-state index contributed by atoms with van der Waals surface area (Å²) in [6.07, 6.45) is 2.14. The van der Waals surface area contributed by atoms with Gasteiger partial charge in [-0.05, 0) is 46.7 Å². The molecule has 1 aliphatic rings. The first-order chi connectivity index (χ1) is 9.16. The van der Waals surface area contributed by atoms with Crippen molar-refractivity contribution in [3.8, 4) is 11.5 Å². The van der Waals surface area contributed by atoms with Crippen LogP contribution in [0.1, 0.15) is 41.7 Å². The van der Waals surface area contributed by atoms with Gasteiger partial charge in [0.25, 0.3) is 5.89 Å². The fraction of sp³-hybridized carbons (Fsp3) is 0.571. The molecule has 0 amide bonds. The quantitative estimate of drug-likeness (QED) is 0.900. The van der Waals surface area contributed by atoms with E-state index in [1.165, 1.54) is 0 Å². The summed E-state index contributed by atoms with van der Waals surface area (Å²) >= 11 is 0. The van der Waals surface area contributed by atoms with Crippen LogP contribution in [0.25, 0.3) is 11.5 Å². The van der Waals surface area contributed by atoms with Crippen LogP contribution in [0.15, 0.2) is 8.94 Å². The van der Waals surface area contributed by atoms with E-state index in [9.17, 15) is 0 Å². The minimum Gasteiger partial charge on any atom is -0.466 e. The fourth-order valence-electron chi connectivity index (χ4n) is 2.69. The highest BCUT2D eigenvalue weighted by Crippen LogP contribution is 2.32. The lowest BCUT2D eigenvalue weighted by Gasteiger charge is -2.18. The van der Waals surface area contributed by atoms with Crippen molar-refractivity contribution in [1.29, 1.82) is 0 Å². The molecule has 19 heavy (non-hydrogen) atoms. The van der Waals surface area contributed by atoms with Crippen LogP contribution in [0, 0.1) is 20.8 Å². The van der Waals surface area contributed by atoms with Crippen molar-refractivity contribution in [2.45, 2.75) is 39.5 Å². The number of nitrogens with one attached hydrogen (secondary N) is 1. The zero-order valence-corrected chi connectivity index (χ0v) is 11.6. The Kier molecular flexibility index (Phi) is 3.14. The molecule has 0 aromatic carbocycles. The fourth-order valence-corrected chi connectivity index (χ4v) is 2.69. The van der Waals surface area contributed by atoms with Crippen molar-refractivity contribution in [1.82, 2.24) is 15.5 Å². The van der Waals surface area contributed by atoms with Crippen LogP contribution in [0.3, 0.4) is 0 Å². The molecule has 0 spiro atoms. The molecule has 0 aliphatic carbocycles. The van der Waals surface area contributed by atoms with E-state index in [0.717, 1.165) is 54.4 Å². The number of hydrogen-bond donors (Lipinski definition) is 1. The molecule has 5 nitrogen and oxygen atoms in total. The summed E-state index contributed by atoms with van der Waals surface area (Å²) in [7, 11) is 0. The number of hydrogen-bond acceptors (Lipinski definition) is 5. The van der Waals surface area contributed by atoms with Gasteiger partial charge in [-0.3, -0.25) is 0 Å². The molecule has 0 saturated carbocycles. The molecular formula is C14H19N3O2. The van der Waals surface area contributed by atoms with Crippen LogP contribution in [-0.4, -0.2) is 23.2 Å². The average molecular weight is 261 g/mol. The summed E-state index contributed by atoms with van der Waals surface area (Å²) in [5, 5.41) is 7.50. The summed E-state index contributed by atoms with van der Waals surface area (Å²) in [6, 6.07) is 0. The molecule has 2 aromatic heterocycles. The predicted octanol–water partition coefficient (Wildman–Crippen LogP) is 2.72. The van der Waals surface area contributed by atoms with Crippen LogP contribution in [0.2, 0.25) is 0 Å². The van der Waals surface area contributed by atoms with Crippen LogP contribution in [-0.2, 0) is 0 Å². The zero-order chi connectivity index (χ0) is 13.4. The van der Waals surface area contributed by atoms with Gasteiger partial charge in [-0.1, -0.05) is 5.16 Å². The molecule has 1 fully saturated rings. The first kappa shape index (κ1) is 12.4. The molecule has 3 rings (SSSR count). The van der Waals surface area contributed by atoms with Crippen molar-refractivity contribution < 1.29 is 8.94 Å². The van der Waals surface area contributed by atoms with E-state index in [1.54, 1.807) is 0 Å². The van der Waals surface area contributed by atoms with Crippen molar-refractivity contribution in [3.05, 3.63) is 22.9 Å². The summed E-state index contributed by atoms with van der Waals surface area (Å²) in [5.41, 5.74) is 2.03. The summed E-state index contributed by atoms with van der Waals surface area (Å²) < 4.78 is 11.1. The molecule has 0 bridgehead atoms. The van der Waals surface area contributed by atoms with E-state index < -0.39 is 0 Å². The molecule has 2 aromatic rings. The predicted molar refractivity (Wildman–Crippen MR) is 71.1 cm³/mol. The lowest BCUT2D eigenvalue weighted by molar-refractivity contribution is 0.391. The highest BCUT2D eigenvalue weighted by Gasteiger charge is 2.24. The van der Waals surface area contributed by atoms with E-state index >= 15 is 0 Å². The Balaban J connectivity index is 1.92. The molecule has 0 atom stereocenters. The van der Waals surface area contributed by atoms with E-state index in [-0.39, 0.29) is 0 Å².